The van der Waals surface area contributed by atoms with Crippen molar-refractivity contribution in [3.8, 4) is 0 Å². The Morgan fingerprint density at radius 2 is 2.18 bits per heavy atom. The van der Waals surface area contributed by atoms with Crippen LogP contribution in [0.4, 0.5) is 11.4 Å². The third-order valence-corrected chi connectivity index (χ3v) is 2.90. The first-order valence-corrected chi connectivity index (χ1v) is 5.68. The van der Waals surface area contributed by atoms with Crippen LogP contribution in [0, 0.1) is 0 Å². The Morgan fingerprint density at radius 3 is 2.94 bits per heavy atom. The van der Waals surface area contributed by atoms with Gasteiger partial charge in [0.15, 0.2) is 0 Å². The lowest BCUT2D eigenvalue weighted by Crippen LogP contribution is -2.20. The predicted octanol–water partition coefficient (Wildman–Crippen LogP) is 1.64. The Balaban J connectivity index is 2.38. The SMILES string of the molecule is CN(CCCO)c1ccc2cnccc2c1N. The van der Waals surface area contributed by atoms with E-state index in [9.17, 15) is 0 Å². The molecule has 0 aliphatic carbocycles. The zero-order valence-corrected chi connectivity index (χ0v) is 9.93. The smallest absolute Gasteiger partial charge is 0.0632 e. The minimum atomic E-state index is 0.196. The predicted molar refractivity (Wildman–Crippen MR) is 71.1 cm³/mol. The van der Waals surface area contributed by atoms with Gasteiger partial charge in [-0.25, -0.2) is 0 Å². The van der Waals surface area contributed by atoms with Crippen molar-refractivity contribution in [3.05, 3.63) is 30.6 Å². The summed E-state index contributed by atoms with van der Waals surface area (Å²) in [5.41, 5.74) is 7.93. The van der Waals surface area contributed by atoms with Crippen molar-refractivity contribution >= 4 is 22.1 Å². The Kier molecular flexibility index (Phi) is 3.44. The third-order valence-electron chi connectivity index (χ3n) is 2.90. The summed E-state index contributed by atoms with van der Waals surface area (Å²) < 4.78 is 0. The van der Waals surface area contributed by atoms with E-state index in [0.29, 0.717) is 0 Å². The Morgan fingerprint density at radius 1 is 1.35 bits per heavy atom. The summed E-state index contributed by atoms with van der Waals surface area (Å²) in [6.45, 7) is 0.985. The standard InChI is InChI=1S/C13H17N3O/c1-16(7-2-8-17)12-4-3-10-9-15-6-5-11(10)13(12)14/h3-6,9,17H,2,7-8,14H2,1H3. The maximum Gasteiger partial charge on any atom is 0.0632 e. The second-order valence-corrected chi connectivity index (χ2v) is 4.09. The van der Waals surface area contributed by atoms with E-state index in [0.717, 1.165) is 35.1 Å². The quantitative estimate of drug-likeness (QED) is 0.785. The molecule has 0 fully saturated rings. The molecule has 17 heavy (non-hydrogen) atoms. The minimum Gasteiger partial charge on any atom is -0.397 e. The van der Waals surface area contributed by atoms with E-state index in [-0.39, 0.29) is 6.61 Å². The fourth-order valence-corrected chi connectivity index (χ4v) is 1.94. The van der Waals surface area contributed by atoms with Crippen LogP contribution in [0.15, 0.2) is 30.6 Å². The van der Waals surface area contributed by atoms with Gasteiger partial charge in [0, 0.05) is 43.4 Å². The van der Waals surface area contributed by atoms with Crippen molar-refractivity contribution in [1.82, 2.24) is 4.98 Å². The molecular formula is C13H17N3O. The number of fused-ring (bicyclic) bond motifs is 1. The molecule has 4 nitrogen and oxygen atoms in total. The Labute approximate surface area is 101 Å². The average Bonchev–Trinajstić information content (AvgIpc) is 2.37. The zero-order chi connectivity index (χ0) is 12.3. The molecule has 1 aromatic carbocycles. The second-order valence-electron chi connectivity index (χ2n) is 4.09. The molecule has 0 amide bonds. The van der Waals surface area contributed by atoms with Gasteiger partial charge in [-0.3, -0.25) is 4.98 Å². The topological polar surface area (TPSA) is 62.4 Å². The Bertz CT molecular complexity index is 513. The van der Waals surface area contributed by atoms with E-state index in [1.807, 2.05) is 31.4 Å². The number of benzene rings is 1. The van der Waals surface area contributed by atoms with E-state index in [1.54, 1.807) is 6.20 Å². The molecule has 2 aromatic rings. The van der Waals surface area contributed by atoms with E-state index in [4.69, 9.17) is 10.8 Å². The van der Waals surface area contributed by atoms with Gasteiger partial charge in [0.1, 0.15) is 0 Å². The van der Waals surface area contributed by atoms with Crippen LogP contribution in [-0.4, -0.2) is 30.3 Å². The van der Waals surface area contributed by atoms with Gasteiger partial charge in [-0.2, -0.15) is 0 Å². The van der Waals surface area contributed by atoms with E-state index < -0.39 is 0 Å². The van der Waals surface area contributed by atoms with Crippen molar-refractivity contribution in [3.63, 3.8) is 0 Å². The van der Waals surface area contributed by atoms with Gasteiger partial charge >= 0.3 is 0 Å². The lowest BCUT2D eigenvalue weighted by Gasteiger charge is -2.21. The van der Waals surface area contributed by atoms with Gasteiger partial charge in [-0.05, 0) is 18.6 Å². The molecule has 0 saturated heterocycles. The molecule has 1 aromatic heterocycles. The number of aliphatic hydroxyl groups excluding tert-OH is 1. The molecule has 90 valence electrons. The summed E-state index contributed by atoms with van der Waals surface area (Å²) in [6.07, 6.45) is 4.30. The van der Waals surface area contributed by atoms with Gasteiger partial charge in [0.05, 0.1) is 11.4 Å². The number of pyridine rings is 1. The van der Waals surface area contributed by atoms with Gasteiger partial charge in [-0.1, -0.05) is 6.07 Å². The average molecular weight is 231 g/mol. The van der Waals surface area contributed by atoms with Crippen LogP contribution in [0.25, 0.3) is 10.8 Å². The summed E-state index contributed by atoms with van der Waals surface area (Å²) >= 11 is 0. The zero-order valence-electron chi connectivity index (χ0n) is 9.93. The maximum atomic E-state index is 8.84. The maximum absolute atomic E-state index is 8.84. The van der Waals surface area contributed by atoms with Crippen LogP contribution in [0.2, 0.25) is 0 Å². The number of nitrogens with zero attached hydrogens (tertiary/aromatic N) is 2. The summed E-state index contributed by atoms with van der Waals surface area (Å²) in [5.74, 6) is 0. The van der Waals surface area contributed by atoms with Gasteiger partial charge < -0.3 is 15.7 Å². The minimum absolute atomic E-state index is 0.196. The summed E-state index contributed by atoms with van der Waals surface area (Å²) in [4.78, 5) is 6.14. The molecule has 0 bridgehead atoms. The molecule has 4 heteroatoms. The molecule has 0 atom stereocenters. The molecule has 0 spiro atoms. The first-order valence-electron chi connectivity index (χ1n) is 5.68. The van der Waals surface area contributed by atoms with Crippen LogP contribution in [0.3, 0.4) is 0 Å². The third kappa shape index (κ3) is 2.31. The van der Waals surface area contributed by atoms with Crippen molar-refractivity contribution < 1.29 is 5.11 Å². The first-order chi connectivity index (χ1) is 8.24. The van der Waals surface area contributed by atoms with Crippen molar-refractivity contribution in [1.29, 1.82) is 0 Å². The molecular weight excluding hydrogens is 214 g/mol. The fourth-order valence-electron chi connectivity index (χ4n) is 1.94. The molecule has 0 aliphatic rings. The molecule has 2 rings (SSSR count). The number of aromatic nitrogens is 1. The van der Waals surface area contributed by atoms with Crippen molar-refractivity contribution in [2.75, 3.05) is 30.8 Å². The van der Waals surface area contributed by atoms with Crippen LogP contribution in [0.5, 0.6) is 0 Å². The van der Waals surface area contributed by atoms with Gasteiger partial charge in [0.2, 0.25) is 0 Å². The number of nitrogens with two attached hydrogens (primary N) is 1. The molecule has 0 saturated carbocycles. The highest BCUT2D eigenvalue weighted by molar-refractivity contribution is 5.98. The fraction of sp³-hybridized carbons (Fsp3) is 0.308. The highest BCUT2D eigenvalue weighted by atomic mass is 16.3. The highest BCUT2D eigenvalue weighted by Crippen LogP contribution is 2.30. The number of nitrogen functional groups attached to an aromatic ring is 1. The molecule has 0 aliphatic heterocycles. The number of hydrogen-bond donors (Lipinski definition) is 2. The van der Waals surface area contributed by atoms with Crippen LogP contribution in [-0.2, 0) is 0 Å². The second kappa shape index (κ2) is 5.01. The van der Waals surface area contributed by atoms with Crippen molar-refractivity contribution in [2.24, 2.45) is 0 Å². The summed E-state index contributed by atoms with van der Waals surface area (Å²) in [6, 6.07) is 5.94. The normalized spacial score (nSPS) is 10.7. The largest absolute Gasteiger partial charge is 0.397 e. The molecule has 0 radical (unpaired) electrons. The monoisotopic (exact) mass is 231 g/mol. The summed E-state index contributed by atoms with van der Waals surface area (Å²) in [5, 5.41) is 10.9. The highest BCUT2D eigenvalue weighted by Gasteiger charge is 2.08. The lowest BCUT2D eigenvalue weighted by atomic mass is 10.1. The number of aliphatic hydroxyl groups is 1. The number of hydrogen-bond acceptors (Lipinski definition) is 4. The van der Waals surface area contributed by atoms with Gasteiger partial charge in [-0.15, -0.1) is 0 Å². The van der Waals surface area contributed by atoms with Crippen LogP contribution >= 0.6 is 0 Å². The number of rotatable bonds is 4. The van der Waals surface area contributed by atoms with E-state index in [1.165, 1.54) is 0 Å². The van der Waals surface area contributed by atoms with Crippen LogP contribution < -0.4 is 10.6 Å². The number of anilines is 2. The molecule has 1 heterocycles. The van der Waals surface area contributed by atoms with Gasteiger partial charge in [0.25, 0.3) is 0 Å². The molecule has 0 unspecified atom stereocenters. The summed E-state index contributed by atoms with van der Waals surface area (Å²) in [7, 11) is 1.98. The Hall–Kier alpha value is -1.81. The van der Waals surface area contributed by atoms with Crippen LogP contribution in [0.1, 0.15) is 6.42 Å². The lowest BCUT2D eigenvalue weighted by molar-refractivity contribution is 0.290. The first kappa shape index (κ1) is 11.7. The van der Waals surface area contributed by atoms with E-state index >= 15 is 0 Å². The van der Waals surface area contributed by atoms with Crippen molar-refractivity contribution in [2.45, 2.75) is 6.42 Å². The van der Waals surface area contributed by atoms with E-state index in [2.05, 4.69) is 9.88 Å². The molecule has 3 N–H and O–H groups in total.